The van der Waals surface area contributed by atoms with E-state index in [0.717, 1.165) is 28.4 Å². The van der Waals surface area contributed by atoms with E-state index < -0.39 is 28.9 Å². The number of amides is 3. The number of alkyl halides is 3. The van der Waals surface area contributed by atoms with Crippen LogP contribution in [0, 0.1) is 0 Å². The number of nitrogens with two attached hydrogens (primary N) is 1. The molecule has 0 aliphatic rings. The molecule has 23 heavy (non-hydrogen) atoms. The van der Waals surface area contributed by atoms with Gasteiger partial charge in [-0.25, -0.2) is 4.79 Å². The van der Waals surface area contributed by atoms with Gasteiger partial charge in [-0.2, -0.15) is 13.2 Å². The number of primary amides is 1. The molecule has 0 aliphatic heterocycles. The summed E-state index contributed by atoms with van der Waals surface area (Å²) in [5.74, 6) is -0.711. The van der Waals surface area contributed by atoms with Crippen molar-refractivity contribution >= 4 is 40.9 Å². The molecule has 1 atom stereocenters. The Kier molecular flexibility index (Phi) is 4.71. The van der Waals surface area contributed by atoms with Crippen LogP contribution in [-0.4, -0.2) is 31.8 Å². The molecule has 0 fully saturated rings. The molecular formula is C11H9ClF3N5O2S. The van der Waals surface area contributed by atoms with E-state index in [9.17, 15) is 22.8 Å². The lowest BCUT2D eigenvalue weighted by Gasteiger charge is -2.10. The van der Waals surface area contributed by atoms with Crippen molar-refractivity contribution in [3.8, 4) is 0 Å². The fraction of sp³-hybridized carbons (Fsp3) is 0.273. The molecule has 0 saturated carbocycles. The van der Waals surface area contributed by atoms with Gasteiger partial charge in [0.15, 0.2) is 10.8 Å². The van der Waals surface area contributed by atoms with Gasteiger partial charge in [-0.1, -0.05) is 23.4 Å². The van der Waals surface area contributed by atoms with Crippen molar-refractivity contribution < 1.29 is 22.8 Å². The monoisotopic (exact) mass is 367 g/mol. The summed E-state index contributed by atoms with van der Waals surface area (Å²) >= 11 is 6.58. The number of imide groups is 1. The number of hydrogen-bond acceptors (Lipinski definition) is 5. The van der Waals surface area contributed by atoms with Crippen molar-refractivity contribution in [3.05, 3.63) is 22.8 Å². The number of halogens is 4. The van der Waals surface area contributed by atoms with Crippen molar-refractivity contribution in [1.29, 1.82) is 0 Å². The normalized spacial score (nSPS) is 13.1. The van der Waals surface area contributed by atoms with Crippen LogP contribution in [0.4, 0.5) is 18.0 Å². The third-order valence-electron chi connectivity index (χ3n) is 2.65. The van der Waals surface area contributed by atoms with E-state index in [4.69, 9.17) is 17.3 Å². The van der Waals surface area contributed by atoms with Crippen LogP contribution in [0.25, 0.3) is 5.65 Å². The Hall–Kier alpha value is -2.01. The number of carbonyl (C=O) groups excluding carboxylic acids is 2. The minimum atomic E-state index is -4.60. The number of rotatable bonds is 3. The fourth-order valence-corrected chi connectivity index (χ4v) is 2.67. The van der Waals surface area contributed by atoms with Crippen LogP contribution in [0.2, 0.25) is 5.02 Å². The van der Waals surface area contributed by atoms with E-state index in [0.29, 0.717) is 0 Å². The molecule has 2 aromatic heterocycles. The predicted molar refractivity (Wildman–Crippen MR) is 76.0 cm³/mol. The van der Waals surface area contributed by atoms with Gasteiger partial charge >= 0.3 is 12.2 Å². The van der Waals surface area contributed by atoms with Gasteiger partial charge in [-0.05, 0) is 13.0 Å². The van der Waals surface area contributed by atoms with Gasteiger partial charge in [-0.15, -0.1) is 10.2 Å². The molecule has 0 aliphatic carbocycles. The molecule has 0 spiro atoms. The number of nitrogens with zero attached hydrogens (tertiary/aromatic N) is 3. The predicted octanol–water partition coefficient (Wildman–Crippen LogP) is 2.08. The minimum Gasteiger partial charge on any atom is -0.351 e. The lowest BCUT2D eigenvalue weighted by molar-refractivity contribution is -0.137. The van der Waals surface area contributed by atoms with E-state index >= 15 is 0 Å². The molecule has 0 saturated heterocycles. The Balaban J connectivity index is 2.37. The van der Waals surface area contributed by atoms with Gasteiger partial charge in [0.2, 0.25) is 5.91 Å². The Bertz CT molecular complexity index is 779. The third kappa shape index (κ3) is 3.85. The average Bonchev–Trinajstić information content (AvgIpc) is 2.80. The highest BCUT2D eigenvalue weighted by Gasteiger charge is 2.32. The maximum absolute atomic E-state index is 12.8. The summed E-state index contributed by atoms with van der Waals surface area (Å²) in [6.07, 6.45) is -3.82. The maximum Gasteiger partial charge on any atom is 0.417 e. The Morgan fingerprint density at radius 2 is 2.09 bits per heavy atom. The van der Waals surface area contributed by atoms with Crippen LogP contribution in [0.3, 0.4) is 0 Å². The molecule has 0 aromatic carbocycles. The second kappa shape index (κ2) is 6.24. The zero-order valence-corrected chi connectivity index (χ0v) is 13.0. The summed E-state index contributed by atoms with van der Waals surface area (Å²) in [7, 11) is 0. The summed E-state index contributed by atoms with van der Waals surface area (Å²) in [6.45, 7) is 1.43. The van der Waals surface area contributed by atoms with Gasteiger partial charge in [0.25, 0.3) is 0 Å². The molecule has 0 unspecified atom stereocenters. The quantitative estimate of drug-likeness (QED) is 0.808. The molecule has 2 aromatic rings. The number of thioether (sulfide) groups is 1. The molecule has 3 amide bonds. The van der Waals surface area contributed by atoms with E-state index in [1.165, 1.54) is 6.92 Å². The highest BCUT2D eigenvalue weighted by molar-refractivity contribution is 8.00. The molecule has 124 valence electrons. The number of carbonyl (C=O) groups is 2. The summed E-state index contributed by atoms with van der Waals surface area (Å²) in [5.41, 5.74) is 3.86. The van der Waals surface area contributed by atoms with Crippen molar-refractivity contribution in [3.63, 3.8) is 0 Å². The van der Waals surface area contributed by atoms with Crippen molar-refractivity contribution in [2.75, 3.05) is 0 Å². The van der Waals surface area contributed by atoms with Gasteiger partial charge in [-0.3, -0.25) is 14.5 Å². The van der Waals surface area contributed by atoms with Crippen molar-refractivity contribution in [2.24, 2.45) is 5.73 Å². The standard InChI is InChI=1S/C11H9ClF3N5O2S/c1-4(8(21)17-9(16)22)23-10-19-18-7-6(12)2-5(3-20(7)10)11(13,14)15/h2-4H,1H3,(H3,16,17,21,22)/t4-/m0/s1. The number of pyridine rings is 1. The maximum atomic E-state index is 12.8. The largest absolute Gasteiger partial charge is 0.417 e. The summed E-state index contributed by atoms with van der Waals surface area (Å²) in [5, 5.41) is 8.20. The topological polar surface area (TPSA) is 102 Å². The molecule has 3 N–H and O–H groups in total. The van der Waals surface area contributed by atoms with Crippen LogP contribution in [0.1, 0.15) is 12.5 Å². The van der Waals surface area contributed by atoms with Gasteiger partial charge in [0.1, 0.15) is 0 Å². The van der Waals surface area contributed by atoms with Gasteiger partial charge < -0.3 is 5.73 Å². The first-order valence-corrected chi connectivity index (χ1v) is 7.23. The first-order valence-electron chi connectivity index (χ1n) is 5.98. The van der Waals surface area contributed by atoms with Gasteiger partial charge in [0, 0.05) is 6.20 Å². The van der Waals surface area contributed by atoms with Crippen LogP contribution >= 0.6 is 23.4 Å². The molecule has 2 rings (SSSR count). The SMILES string of the molecule is C[C@H](Sc1nnc2c(Cl)cc(C(F)(F)F)cn12)C(=O)NC(N)=O. The first kappa shape index (κ1) is 17.3. The number of urea groups is 1. The van der Waals surface area contributed by atoms with Crippen molar-refractivity contribution in [1.82, 2.24) is 19.9 Å². The second-order valence-corrected chi connectivity index (χ2v) is 6.08. The molecular weight excluding hydrogens is 359 g/mol. The summed E-state index contributed by atoms with van der Waals surface area (Å²) < 4.78 is 39.5. The molecule has 2 heterocycles. The fourth-order valence-electron chi connectivity index (χ4n) is 1.60. The second-order valence-electron chi connectivity index (χ2n) is 4.36. The van der Waals surface area contributed by atoms with E-state index in [-0.39, 0.29) is 15.8 Å². The van der Waals surface area contributed by atoms with E-state index in [2.05, 4.69) is 10.2 Å². The summed E-state index contributed by atoms with van der Waals surface area (Å²) in [4.78, 5) is 22.2. The van der Waals surface area contributed by atoms with Gasteiger partial charge in [0.05, 0.1) is 15.8 Å². The molecule has 7 nitrogen and oxygen atoms in total. The molecule has 0 bridgehead atoms. The number of hydrogen-bond donors (Lipinski definition) is 2. The third-order valence-corrected chi connectivity index (χ3v) is 3.99. The zero-order valence-electron chi connectivity index (χ0n) is 11.4. The smallest absolute Gasteiger partial charge is 0.351 e. The Morgan fingerprint density at radius 1 is 1.43 bits per heavy atom. The first-order chi connectivity index (χ1) is 10.6. The lowest BCUT2D eigenvalue weighted by Crippen LogP contribution is -2.39. The lowest BCUT2D eigenvalue weighted by atomic mass is 10.3. The number of aromatic nitrogens is 3. The van der Waals surface area contributed by atoms with Crippen LogP contribution < -0.4 is 11.1 Å². The molecule has 0 radical (unpaired) electrons. The Morgan fingerprint density at radius 3 is 2.65 bits per heavy atom. The highest BCUT2D eigenvalue weighted by atomic mass is 35.5. The molecule has 12 heteroatoms. The van der Waals surface area contributed by atoms with Crippen LogP contribution in [0.15, 0.2) is 17.4 Å². The van der Waals surface area contributed by atoms with E-state index in [1.54, 1.807) is 0 Å². The average molecular weight is 368 g/mol. The zero-order chi connectivity index (χ0) is 17.4. The number of fused-ring (bicyclic) bond motifs is 1. The van der Waals surface area contributed by atoms with Crippen molar-refractivity contribution in [2.45, 2.75) is 23.5 Å². The van der Waals surface area contributed by atoms with Crippen LogP contribution in [0.5, 0.6) is 0 Å². The number of nitrogens with one attached hydrogen (secondary N) is 1. The van der Waals surface area contributed by atoms with Crippen LogP contribution in [-0.2, 0) is 11.0 Å². The minimum absolute atomic E-state index is 0.0140. The van der Waals surface area contributed by atoms with E-state index in [1.807, 2.05) is 5.32 Å². The highest BCUT2D eigenvalue weighted by Crippen LogP contribution is 2.33. The Labute approximate surface area is 136 Å². The summed E-state index contributed by atoms with van der Waals surface area (Å²) in [6, 6.07) is -0.292.